The zero-order valence-electron chi connectivity index (χ0n) is 10.4. The second kappa shape index (κ2) is 10.6. The van der Waals surface area contributed by atoms with Crippen molar-refractivity contribution in [3.8, 4) is 0 Å². The van der Waals surface area contributed by atoms with E-state index in [0.717, 1.165) is 0 Å². The number of nitrogens with one attached hydrogen (secondary N) is 2. The standard InChI is InChI=1S/C9H7.C5H6N2O.2ClH.Ti/c1-2-5-9-7-3-6-8(9)4-1;6-5(8)4-2-1-3-7-4;;;/h1-7H;1-3H,(H3,6,7,8);2*1H;/q-1;;;;+4/p-3. The Bertz CT molecular complexity index is 578. The number of rotatable bonds is 1. The maximum absolute atomic E-state index is 10.1. The number of aromatic amines is 1. The van der Waals surface area contributed by atoms with E-state index in [4.69, 9.17) is 5.73 Å². The number of benzene rings is 1. The Kier molecular flexibility index (Phi) is 11.3. The van der Waals surface area contributed by atoms with Crippen LogP contribution >= 0.6 is 0 Å². The van der Waals surface area contributed by atoms with E-state index >= 15 is 0 Å². The summed E-state index contributed by atoms with van der Waals surface area (Å²) >= 11 is 0. The van der Waals surface area contributed by atoms with E-state index in [-0.39, 0.29) is 46.5 Å². The largest absolute Gasteiger partial charge is 4.00 e. The first-order valence-electron chi connectivity index (χ1n) is 5.27. The first-order chi connectivity index (χ1) is 8.27. The van der Waals surface area contributed by atoms with Gasteiger partial charge in [-0.2, -0.15) is 17.5 Å². The van der Waals surface area contributed by atoms with Crippen molar-refractivity contribution in [1.82, 2.24) is 4.98 Å². The number of H-pyrrole nitrogens is 1. The molecule has 102 valence electrons. The minimum atomic E-state index is -0.671. The van der Waals surface area contributed by atoms with Gasteiger partial charge in [0.05, 0.1) is 11.6 Å². The molecule has 1 heterocycles. The fraction of sp³-hybridized carbons (Fsp3) is 0. The van der Waals surface area contributed by atoms with Crippen molar-refractivity contribution < 1.29 is 51.3 Å². The minimum Gasteiger partial charge on any atom is -1.00 e. The molecule has 0 unspecified atom stereocenters. The Balaban J connectivity index is 0. The molecule has 0 saturated carbocycles. The van der Waals surface area contributed by atoms with Crippen molar-refractivity contribution >= 4 is 16.7 Å². The zero-order valence-corrected chi connectivity index (χ0v) is 13.5. The topological polar surface area (TPSA) is 56.7 Å². The SMILES string of the molecule is [Cl-].[Cl-].[NH-]C(=O)c1ccc[nH]1.[Ti+4].c1ccc2[cH-]ccc2c1. The molecule has 3 nitrogen and oxygen atoms in total. The first-order valence-corrected chi connectivity index (χ1v) is 5.27. The number of amides is 1. The third-order valence-corrected chi connectivity index (χ3v) is 2.39. The molecule has 0 saturated heterocycles. The second-order valence-corrected chi connectivity index (χ2v) is 3.57. The van der Waals surface area contributed by atoms with Crippen LogP contribution in [0.25, 0.3) is 16.5 Å². The van der Waals surface area contributed by atoms with Crippen LogP contribution in [-0.2, 0) is 21.7 Å². The average molecular weight is 343 g/mol. The fourth-order valence-electron chi connectivity index (χ4n) is 1.54. The van der Waals surface area contributed by atoms with E-state index < -0.39 is 5.91 Å². The molecule has 20 heavy (non-hydrogen) atoms. The van der Waals surface area contributed by atoms with Crippen molar-refractivity contribution in [3.05, 3.63) is 72.2 Å². The van der Waals surface area contributed by atoms with Crippen LogP contribution in [-0.4, -0.2) is 10.9 Å². The molecule has 0 radical (unpaired) electrons. The van der Waals surface area contributed by atoms with Gasteiger partial charge in [0.1, 0.15) is 0 Å². The number of hydrogen-bond donors (Lipinski definition) is 1. The van der Waals surface area contributed by atoms with Gasteiger partial charge in [0.2, 0.25) is 0 Å². The van der Waals surface area contributed by atoms with Gasteiger partial charge < -0.3 is 40.3 Å². The molecule has 1 aromatic heterocycles. The fourth-order valence-corrected chi connectivity index (χ4v) is 1.54. The Morgan fingerprint density at radius 2 is 1.75 bits per heavy atom. The van der Waals surface area contributed by atoms with Gasteiger partial charge in [-0.05, 0) is 12.1 Å². The maximum atomic E-state index is 10.1. The van der Waals surface area contributed by atoms with Crippen LogP contribution in [0.2, 0.25) is 0 Å². The number of carbonyl (C=O) groups is 1. The summed E-state index contributed by atoms with van der Waals surface area (Å²) in [5, 5.41) is 2.66. The number of aromatic nitrogens is 1. The molecular formula is C14H12Cl2N2OTi. The van der Waals surface area contributed by atoms with E-state index in [1.54, 1.807) is 18.3 Å². The van der Waals surface area contributed by atoms with Crippen molar-refractivity contribution in [3.63, 3.8) is 0 Å². The molecule has 0 aliphatic heterocycles. The van der Waals surface area contributed by atoms with Crippen LogP contribution in [0, 0.1) is 0 Å². The molecule has 2 aromatic carbocycles. The van der Waals surface area contributed by atoms with Crippen LogP contribution in [0.1, 0.15) is 10.5 Å². The predicted octanol–water partition coefficient (Wildman–Crippen LogP) is -2.23. The average Bonchev–Trinajstić information content (AvgIpc) is 3.01. The van der Waals surface area contributed by atoms with Gasteiger partial charge in [-0.25, -0.2) is 0 Å². The number of hydrogen-bond acceptors (Lipinski definition) is 1. The van der Waals surface area contributed by atoms with Gasteiger partial charge in [-0.3, -0.25) is 0 Å². The summed E-state index contributed by atoms with van der Waals surface area (Å²) in [5.41, 5.74) is 6.90. The second-order valence-electron chi connectivity index (χ2n) is 3.57. The van der Waals surface area contributed by atoms with Gasteiger partial charge >= 0.3 is 21.7 Å². The van der Waals surface area contributed by atoms with Gasteiger partial charge in [-0.1, -0.05) is 6.07 Å². The molecule has 3 aromatic rings. The summed E-state index contributed by atoms with van der Waals surface area (Å²) < 4.78 is 0. The maximum Gasteiger partial charge on any atom is 4.00 e. The molecule has 0 aliphatic carbocycles. The zero-order chi connectivity index (χ0) is 12.1. The summed E-state index contributed by atoms with van der Waals surface area (Å²) in [7, 11) is 0. The molecule has 0 fully saturated rings. The Labute approximate surface area is 145 Å². The summed E-state index contributed by atoms with van der Waals surface area (Å²) in [5.74, 6) is -0.671. The van der Waals surface area contributed by atoms with E-state index in [2.05, 4.69) is 47.4 Å². The summed E-state index contributed by atoms with van der Waals surface area (Å²) in [4.78, 5) is 12.7. The predicted molar refractivity (Wildman–Crippen MR) is 69.0 cm³/mol. The Morgan fingerprint density at radius 1 is 1.05 bits per heavy atom. The number of fused-ring (bicyclic) bond motifs is 1. The van der Waals surface area contributed by atoms with Crippen LogP contribution in [0.15, 0.2) is 60.8 Å². The number of halogens is 2. The van der Waals surface area contributed by atoms with E-state index in [1.807, 2.05) is 0 Å². The van der Waals surface area contributed by atoms with Crippen LogP contribution in [0.3, 0.4) is 0 Å². The molecule has 0 bridgehead atoms. The third kappa shape index (κ3) is 5.89. The molecule has 3 rings (SSSR count). The summed E-state index contributed by atoms with van der Waals surface area (Å²) in [6.45, 7) is 0. The van der Waals surface area contributed by atoms with Crippen molar-refractivity contribution in [1.29, 1.82) is 0 Å². The summed E-state index contributed by atoms with van der Waals surface area (Å²) in [6, 6.07) is 17.9. The molecule has 6 heteroatoms. The first kappa shape index (κ1) is 21.2. The van der Waals surface area contributed by atoms with E-state index in [9.17, 15) is 4.79 Å². The number of carbonyl (C=O) groups excluding carboxylic acids is 1. The third-order valence-electron chi connectivity index (χ3n) is 2.39. The van der Waals surface area contributed by atoms with Gasteiger partial charge in [0.25, 0.3) is 0 Å². The molecular weight excluding hydrogens is 331 g/mol. The molecule has 0 atom stereocenters. The molecule has 2 N–H and O–H groups in total. The van der Waals surface area contributed by atoms with Crippen LogP contribution < -0.4 is 24.8 Å². The Morgan fingerprint density at radius 3 is 2.25 bits per heavy atom. The van der Waals surface area contributed by atoms with E-state index in [1.165, 1.54) is 10.8 Å². The Hall–Kier alpha value is -1.13. The van der Waals surface area contributed by atoms with Gasteiger partial charge in [-0.15, -0.1) is 29.7 Å². The van der Waals surface area contributed by atoms with Crippen molar-refractivity contribution in [2.75, 3.05) is 0 Å². The van der Waals surface area contributed by atoms with Crippen molar-refractivity contribution in [2.24, 2.45) is 0 Å². The van der Waals surface area contributed by atoms with Gasteiger partial charge in [0, 0.05) is 6.20 Å². The molecule has 1 amide bonds. The monoisotopic (exact) mass is 342 g/mol. The van der Waals surface area contributed by atoms with Crippen molar-refractivity contribution in [2.45, 2.75) is 0 Å². The minimum absolute atomic E-state index is 0. The van der Waals surface area contributed by atoms with Gasteiger partial charge in [0.15, 0.2) is 0 Å². The van der Waals surface area contributed by atoms with Crippen LogP contribution in [0.5, 0.6) is 0 Å². The quantitative estimate of drug-likeness (QED) is 0.395. The molecule has 0 spiro atoms. The normalized spacial score (nSPS) is 8.20. The van der Waals surface area contributed by atoms with Crippen LogP contribution in [0.4, 0.5) is 0 Å². The molecule has 0 aliphatic rings. The smallest absolute Gasteiger partial charge is 1.00 e. The summed E-state index contributed by atoms with van der Waals surface area (Å²) in [6.07, 6.45) is 1.61. The van der Waals surface area contributed by atoms with E-state index in [0.29, 0.717) is 5.69 Å².